The average molecular weight is 326 g/mol. The maximum atomic E-state index is 11.8. The second-order valence-corrected chi connectivity index (χ2v) is 5.95. The van der Waals surface area contributed by atoms with Gasteiger partial charge in [0.15, 0.2) is 0 Å². The van der Waals surface area contributed by atoms with Crippen LogP contribution < -0.4 is 5.32 Å². The molecule has 1 aromatic carbocycles. The number of carboxylic acids is 1. The second-order valence-electron chi connectivity index (χ2n) is 5.03. The van der Waals surface area contributed by atoms with Crippen molar-refractivity contribution in [2.24, 2.45) is 11.8 Å². The van der Waals surface area contributed by atoms with Crippen molar-refractivity contribution in [1.82, 2.24) is 5.32 Å². The van der Waals surface area contributed by atoms with Crippen LogP contribution in [0.5, 0.6) is 0 Å². The molecule has 1 saturated carbocycles. The number of aliphatic carboxylic acids is 1. The highest BCUT2D eigenvalue weighted by molar-refractivity contribution is 9.10. The van der Waals surface area contributed by atoms with Crippen molar-refractivity contribution in [3.05, 3.63) is 34.3 Å². The monoisotopic (exact) mass is 325 g/mol. The summed E-state index contributed by atoms with van der Waals surface area (Å²) in [6.07, 6.45) is 1.19. The van der Waals surface area contributed by atoms with E-state index in [2.05, 4.69) is 21.2 Å². The van der Waals surface area contributed by atoms with Crippen LogP contribution in [-0.2, 0) is 16.0 Å². The van der Waals surface area contributed by atoms with E-state index in [0.29, 0.717) is 6.42 Å². The number of nitrogens with one attached hydrogen (secondary N) is 1. The van der Waals surface area contributed by atoms with Crippen molar-refractivity contribution < 1.29 is 14.7 Å². The zero-order valence-electron chi connectivity index (χ0n) is 10.6. The quantitative estimate of drug-likeness (QED) is 0.872. The lowest BCUT2D eigenvalue weighted by atomic mass is 10.1. The van der Waals surface area contributed by atoms with E-state index in [1.807, 2.05) is 31.2 Å². The molecule has 0 aliphatic heterocycles. The molecule has 3 unspecified atom stereocenters. The molecule has 3 atom stereocenters. The first-order valence-corrected chi connectivity index (χ1v) is 7.04. The Kier molecular flexibility index (Phi) is 4.24. The number of carbonyl (C=O) groups excluding carboxylic acids is 1. The first kappa shape index (κ1) is 14.1. The number of benzene rings is 1. The molecule has 5 heteroatoms. The van der Waals surface area contributed by atoms with E-state index >= 15 is 0 Å². The third-order valence-electron chi connectivity index (χ3n) is 3.26. The lowest BCUT2D eigenvalue weighted by Crippen LogP contribution is -2.35. The molecule has 102 valence electrons. The summed E-state index contributed by atoms with van der Waals surface area (Å²) in [6, 6.07) is 7.92. The van der Waals surface area contributed by atoms with Crippen molar-refractivity contribution in [2.75, 3.05) is 0 Å². The van der Waals surface area contributed by atoms with Crippen LogP contribution in [0.25, 0.3) is 0 Å². The molecule has 2 N–H and O–H groups in total. The van der Waals surface area contributed by atoms with Crippen LogP contribution in [0.2, 0.25) is 0 Å². The average Bonchev–Trinajstić information content (AvgIpc) is 3.08. The summed E-state index contributed by atoms with van der Waals surface area (Å²) in [5.41, 5.74) is 1.13. The summed E-state index contributed by atoms with van der Waals surface area (Å²) in [5.74, 6) is -1.85. The third-order valence-corrected chi connectivity index (χ3v) is 3.76. The van der Waals surface area contributed by atoms with Crippen molar-refractivity contribution in [3.63, 3.8) is 0 Å². The van der Waals surface area contributed by atoms with Crippen LogP contribution in [0.15, 0.2) is 28.7 Å². The van der Waals surface area contributed by atoms with E-state index in [9.17, 15) is 9.59 Å². The number of amides is 1. The van der Waals surface area contributed by atoms with Gasteiger partial charge in [-0.2, -0.15) is 0 Å². The molecule has 0 spiro atoms. The molecule has 0 aromatic heterocycles. The number of halogens is 1. The minimum Gasteiger partial charge on any atom is -0.481 e. The van der Waals surface area contributed by atoms with Gasteiger partial charge < -0.3 is 10.4 Å². The molecule has 1 amide bonds. The number of rotatable bonds is 5. The number of hydrogen-bond acceptors (Lipinski definition) is 2. The standard InChI is InChI=1S/C14H16BrNO3/c1-8(5-9-3-2-4-10(15)6-9)16-13(17)11-7-12(11)14(18)19/h2-4,6,8,11-12H,5,7H2,1H3,(H,16,17)(H,18,19). The molecule has 1 aliphatic rings. The molecule has 0 radical (unpaired) electrons. The van der Waals surface area contributed by atoms with Gasteiger partial charge in [-0.15, -0.1) is 0 Å². The van der Waals surface area contributed by atoms with E-state index in [1.165, 1.54) is 0 Å². The first-order chi connectivity index (χ1) is 8.97. The molecule has 0 bridgehead atoms. The highest BCUT2D eigenvalue weighted by Crippen LogP contribution is 2.38. The predicted molar refractivity (Wildman–Crippen MR) is 74.7 cm³/mol. The van der Waals surface area contributed by atoms with E-state index in [0.717, 1.165) is 16.5 Å². The minimum absolute atomic E-state index is 0.00292. The normalized spacial score (nSPS) is 22.6. The molecule has 19 heavy (non-hydrogen) atoms. The lowest BCUT2D eigenvalue weighted by molar-refractivity contribution is -0.140. The lowest BCUT2D eigenvalue weighted by Gasteiger charge is -2.14. The van der Waals surface area contributed by atoms with Gasteiger partial charge in [-0.3, -0.25) is 9.59 Å². The SMILES string of the molecule is CC(Cc1cccc(Br)c1)NC(=O)C1CC1C(=O)O. The van der Waals surface area contributed by atoms with Crippen LogP contribution in [0.4, 0.5) is 0 Å². The Morgan fingerprint density at radius 2 is 2.21 bits per heavy atom. The first-order valence-electron chi connectivity index (χ1n) is 6.25. The molecule has 1 fully saturated rings. The van der Waals surface area contributed by atoms with E-state index in [1.54, 1.807) is 0 Å². The predicted octanol–water partition coefficient (Wildman–Crippen LogP) is 2.22. The largest absolute Gasteiger partial charge is 0.481 e. The van der Waals surface area contributed by atoms with E-state index in [-0.39, 0.29) is 17.9 Å². The van der Waals surface area contributed by atoms with Crippen molar-refractivity contribution in [2.45, 2.75) is 25.8 Å². The van der Waals surface area contributed by atoms with Gasteiger partial charge in [0.05, 0.1) is 11.8 Å². The molecular formula is C14H16BrNO3. The highest BCUT2D eigenvalue weighted by Gasteiger charge is 2.48. The summed E-state index contributed by atoms with van der Waals surface area (Å²) in [4.78, 5) is 22.5. The summed E-state index contributed by atoms with van der Waals surface area (Å²) >= 11 is 3.41. The van der Waals surface area contributed by atoms with Gasteiger partial charge in [0, 0.05) is 10.5 Å². The van der Waals surface area contributed by atoms with Gasteiger partial charge in [-0.05, 0) is 37.5 Å². The number of hydrogen-bond donors (Lipinski definition) is 2. The van der Waals surface area contributed by atoms with E-state index in [4.69, 9.17) is 5.11 Å². The Morgan fingerprint density at radius 1 is 1.47 bits per heavy atom. The fourth-order valence-electron chi connectivity index (χ4n) is 2.18. The zero-order chi connectivity index (χ0) is 14.0. The fourth-order valence-corrected chi connectivity index (χ4v) is 2.62. The molecular weight excluding hydrogens is 310 g/mol. The summed E-state index contributed by atoms with van der Waals surface area (Å²) < 4.78 is 1.01. The molecule has 1 aromatic rings. The topological polar surface area (TPSA) is 66.4 Å². The Labute approximate surface area is 120 Å². The van der Waals surface area contributed by atoms with Crippen molar-refractivity contribution in [3.8, 4) is 0 Å². The van der Waals surface area contributed by atoms with E-state index < -0.39 is 11.9 Å². The maximum absolute atomic E-state index is 11.8. The van der Waals surface area contributed by atoms with Gasteiger partial charge in [0.2, 0.25) is 5.91 Å². The summed E-state index contributed by atoms with van der Waals surface area (Å²) in [6.45, 7) is 1.93. The maximum Gasteiger partial charge on any atom is 0.307 e. The smallest absolute Gasteiger partial charge is 0.307 e. The van der Waals surface area contributed by atoms with Crippen LogP contribution in [0, 0.1) is 11.8 Å². The molecule has 0 heterocycles. The second kappa shape index (κ2) is 5.74. The Bertz CT molecular complexity index is 503. The summed E-state index contributed by atoms with van der Waals surface area (Å²) in [7, 11) is 0. The van der Waals surface area contributed by atoms with Gasteiger partial charge >= 0.3 is 5.97 Å². The number of carboxylic acid groups (broad SMARTS) is 1. The van der Waals surface area contributed by atoms with Crippen LogP contribution in [-0.4, -0.2) is 23.0 Å². The summed E-state index contributed by atoms with van der Waals surface area (Å²) in [5, 5.41) is 11.7. The zero-order valence-corrected chi connectivity index (χ0v) is 12.2. The van der Waals surface area contributed by atoms with Crippen LogP contribution in [0.3, 0.4) is 0 Å². The Morgan fingerprint density at radius 3 is 2.79 bits per heavy atom. The minimum atomic E-state index is -0.875. The van der Waals surface area contributed by atoms with Crippen molar-refractivity contribution in [1.29, 1.82) is 0 Å². The highest BCUT2D eigenvalue weighted by atomic mass is 79.9. The Hall–Kier alpha value is -1.36. The number of carbonyl (C=O) groups is 2. The molecule has 1 aliphatic carbocycles. The van der Waals surface area contributed by atoms with Gasteiger partial charge in [-0.1, -0.05) is 28.1 Å². The van der Waals surface area contributed by atoms with Crippen LogP contribution in [0.1, 0.15) is 18.9 Å². The van der Waals surface area contributed by atoms with Gasteiger partial charge in [0.25, 0.3) is 0 Å². The van der Waals surface area contributed by atoms with Gasteiger partial charge in [0.1, 0.15) is 0 Å². The van der Waals surface area contributed by atoms with Crippen LogP contribution >= 0.6 is 15.9 Å². The van der Waals surface area contributed by atoms with Gasteiger partial charge in [-0.25, -0.2) is 0 Å². The third kappa shape index (κ3) is 3.80. The fraction of sp³-hybridized carbons (Fsp3) is 0.429. The molecule has 0 saturated heterocycles. The molecule has 4 nitrogen and oxygen atoms in total. The molecule has 2 rings (SSSR count). The van der Waals surface area contributed by atoms with Crippen molar-refractivity contribution >= 4 is 27.8 Å². The Balaban J connectivity index is 1.83.